The molecule has 3 aromatic carbocycles. The first kappa shape index (κ1) is 19.5. The van der Waals surface area contributed by atoms with Crippen LogP contribution in [-0.2, 0) is 13.0 Å². The topological polar surface area (TPSA) is 87.4 Å². The SMILES string of the molecule is N#Cc1cccc(Cn2cc(CC(=O)c3n[nH]c4cc(-c5ccccc5)ccc34)cn2)c1. The smallest absolute Gasteiger partial charge is 0.188 e. The van der Waals surface area contributed by atoms with Gasteiger partial charge in [-0.1, -0.05) is 48.5 Å². The van der Waals surface area contributed by atoms with Crippen molar-refractivity contribution >= 4 is 16.7 Å². The van der Waals surface area contributed by atoms with E-state index in [0.717, 1.165) is 33.2 Å². The van der Waals surface area contributed by atoms with Crippen LogP contribution >= 0.6 is 0 Å². The zero-order valence-electron chi connectivity index (χ0n) is 17.2. The van der Waals surface area contributed by atoms with Gasteiger partial charge in [0.1, 0.15) is 5.69 Å². The van der Waals surface area contributed by atoms with Crippen LogP contribution in [0.5, 0.6) is 0 Å². The number of hydrogen-bond donors (Lipinski definition) is 1. The van der Waals surface area contributed by atoms with Gasteiger partial charge in [0.05, 0.1) is 29.9 Å². The highest BCUT2D eigenvalue weighted by molar-refractivity contribution is 6.07. The number of nitrogens with one attached hydrogen (secondary N) is 1. The minimum atomic E-state index is -0.0604. The molecule has 5 rings (SSSR count). The second kappa shape index (κ2) is 8.32. The molecule has 0 atom stereocenters. The molecule has 0 saturated heterocycles. The highest BCUT2D eigenvalue weighted by Crippen LogP contribution is 2.25. The Hall–Kier alpha value is -4.50. The van der Waals surface area contributed by atoms with Gasteiger partial charge >= 0.3 is 0 Å². The highest BCUT2D eigenvalue weighted by Gasteiger charge is 2.16. The molecule has 154 valence electrons. The third-order valence-electron chi connectivity index (χ3n) is 5.39. The largest absolute Gasteiger partial charge is 0.292 e. The molecule has 0 unspecified atom stereocenters. The minimum absolute atomic E-state index is 0.0604. The Morgan fingerprint density at radius 2 is 1.84 bits per heavy atom. The van der Waals surface area contributed by atoms with Crippen LogP contribution < -0.4 is 0 Å². The molecule has 1 N–H and O–H groups in total. The van der Waals surface area contributed by atoms with Crippen molar-refractivity contribution in [2.45, 2.75) is 13.0 Å². The summed E-state index contributed by atoms with van der Waals surface area (Å²) >= 11 is 0. The average molecular weight is 417 g/mol. The number of carbonyl (C=O) groups excluding carboxylic acids is 1. The molecule has 0 spiro atoms. The molecule has 0 aliphatic rings. The number of aromatic amines is 1. The maximum absolute atomic E-state index is 12.9. The van der Waals surface area contributed by atoms with Gasteiger partial charge in [-0.25, -0.2) is 0 Å². The third kappa shape index (κ3) is 3.92. The number of nitriles is 1. The number of H-pyrrole nitrogens is 1. The zero-order chi connectivity index (χ0) is 21.9. The number of nitrogens with zero attached hydrogens (tertiary/aromatic N) is 4. The molecule has 6 heteroatoms. The molecule has 5 aromatic rings. The van der Waals surface area contributed by atoms with Crippen LogP contribution in [0.3, 0.4) is 0 Å². The molecule has 2 aromatic heterocycles. The first-order valence-electron chi connectivity index (χ1n) is 10.3. The van der Waals surface area contributed by atoms with Crippen LogP contribution in [0.15, 0.2) is 85.2 Å². The maximum atomic E-state index is 12.9. The minimum Gasteiger partial charge on any atom is -0.292 e. The summed E-state index contributed by atoms with van der Waals surface area (Å²) in [6, 6.07) is 25.6. The first-order valence-corrected chi connectivity index (χ1v) is 10.3. The van der Waals surface area contributed by atoms with Crippen molar-refractivity contribution in [2.75, 3.05) is 0 Å². The highest BCUT2D eigenvalue weighted by atomic mass is 16.1. The van der Waals surface area contributed by atoms with Crippen molar-refractivity contribution in [2.24, 2.45) is 0 Å². The lowest BCUT2D eigenvalue weighted by molar-refractivity contribution is 0.0989. The van der Waals surface area contributed by atoms with Crippen molar-refractivity contribution in [3.63, 3.8) is 0 Å². The molecule has 0 fully saturated rings. The molecule has 32 heavy (non-hydrogen) atoms. The molecule has 0 bridgehead atoms. The van der Waals surface area contributed by atoms with Gasteiger partial charge in [-0.15, -0.1) is 0 Å². The van der Waals surface area contributed by atoms with Crippen molar-refractivity contribution in [1.82, 2.24) is 20.0 Å². The number of rotatable bonds is 6. The van der Waals surface area contributed by atoms with Crippen molar-refractivity contribution in [1.29, 1.82) is 5.26 Å². The predicted octanol–water partition coefficient (Wildman–Crippen LogP) is 4.77. The molecule has 0 amide bonds. The van der Waals surface area contributed by atoms with Crippen molar-refractivity contribution < 1.29 is 4.79 Å². The zero-order valence-corrected chi connectivity index (χ0v) is 17.2. The van der Waals surface area contributed by atoms with E-state index >= 15 is 0 Å². The van der Waals surface area contributed by atoms with Gasteiger partial charge in [-0.2, -0.15) is 15.5 Å². The predicted molar refractivity (Wildman–Crippen MR) is 122 cm³/mol. The Kier molecular flexibility index (Phi) is 5.06. The lowest BCUT2D eigenvalue weighted by Crippen LogP contribution is -2.04. The van der Waals surface area contributed by atoms with Crippen LogP contribution in [0, 0.1) is 11.3 Å². The lowest BCUT2D eigenvalue weighted by atomic mass is 10.0. The monoisotopic (exact) mass is 417 g/mol. The van der Waals surface area contributed by atoms with E-state index in [4.69, 9.17) is 5.26 Å². The van der Waals surface area contributed by atoms with Crippen LogP contribution in [0.4, 0.5) is 0 Å². The van der Waals surface area contributed by atoms with Crippen molar-refractivity contribution in [3.05, 3.63) is 108 Å². The van der Waals surface area contributed by atoms with Gasteiger partial charge in [-0.05, 0) is 46.5 Å². The quantitative estimate of drug-likeness (QED) is 0.403. The second-order valence-electron chi connectivity index (χ2n) is 7.66. The van der Waals surface area contributed by atoms with Crippen LogP contribution in [0.1, 0.15) is 27.2 Å². The van der Waals surface area contributed by atoms with E-state index in [1.807, 2.05) is 60.8 Å². The number of carbonyl (C=O) groups is 1. The van der Waals surface area contributed by atoms with Crippen molar-refractivity contribution in [3.8, 4) is 17.2 Å². The van der Waals surface area contributed by atoms with Gasteiger partial charge in [-0.3, -0.25) is 14.6 Å². The summed E-state index contributed by atoms with van der Waals surface area (Å²) in [6.07, 6.45) is 3.78. The van der Waals surface area contributed by atoms with E-state index in [1.54, 1.807) is 16.9 Å². The summed E-state index contributed by atoms with van der Waals surface area (Å²) in [5.41, 5.74) is 5.89. The van der Waals surface area contributed by atoms with Crippen LogP contribution in [-0.4, -0.2) is 25.8 Å². The van der Waals surface area contributed by atoms with Crippen LogP contribution in [0.25, 0.3) is 22.0 Å². The fourth-order valence-corrected chi connectivity index (χ4v) is 3.82. The third-order valence-corrected chi connectivity index (χ3v) is 5.39. The van der Waals surface area contributed by atoms with Gasteiger partial charge in [0.2, 0.25) is 0 Å². The molecule has 0 radical (unpaired) electrons. The van der Waals surface area contributed by atoms with E-state index in [9.17, 15) is 4.79 Å². The van der Waals surface area contributed by atoms with Crippen LogP contribution in [0.2, 0.25) is 0 Å². The molecule has 2 heterocycles. The summed E-state index contributed by atoms with van der Waals surface area (Å²) in [5.74, 6) is -0.0604. The number of benzene rings is 3. The molecule has 0 aliphatic heterocycles. The molecular formula is C26H19N5O. The second-order valence-corrected chi connectivity index (χ2v) is 7.66. The molecule has 0 saturated carbocycles. The molecule has 6 nitrogen and oxygen atoms in total. The Bertz CT molecular complexity index is 1460. The van der Waals surface area contributed by atoms with Gasteiger partial charge in [0.25, 0.3) is 0 Å². The summed E-state index contributed by atoms with van der Waals surface area (Å²) < 4.78 is 1.77. The van der Waals surface area contributed by atoms with Gasteiger partial charge < -0.3 is 0 Å². The summed E-state index contributed by atoms with van der Waals surface area (Å²) in [7, 11) is 0. The van der Waals surface area contributed by atoms with Gasteiger partial charge in [0.15, 0.2) is 5.78 Å². The number of fused-ring (bicyclic) bond motifs is 1. The van der Waals surface area contributed by atoms with E-state index < -0.39 is 0 Å². The fraction of sp³-hybridized carbons (Fsp3) is 0.0769. The summed E-state index contributed by atoms with van der Waals surface area (Å²) in [5, 5.41) is 21.5. The number of hydrogen-bond acceptors (Lipinski definition) is 4. The van der Waals surface area contributed by atoms with E-state index in [-0.39, 0.29) is 12.2 Å². The standard InChI is InChI=1S/C26H19N5O/c27-14-18-5-4-6-19(11-18)16-31-17-20(15-28-31)12-25(32)26-23-10-9-22(13-24(23)29-30-26)21-7-2-1-3-8-21/h1-11,13,15,17H,12,16H2,(H,29,30). The molecular weight excluding hydrogens is 398 g/mol. The van der Waals surface area contributed by atoms with Gasteiger partial charge in [0, 0.05) is 18.0 Å². The Morgan fingerprint density at radius 1 is 0.969 bits per heavy atom. The average Bonchev–Trinajstić information content (AvgIpc) is 3.46. The van der Waals surface area contributed by atoms with E-state index in [0.29, 0.717) is 17.8 Å². The Labute approximate surface area is 184 Å². The Balaban J connectivity index is 1.32. The first-order chi connectivity index (χ1) is 15.7. The number of Topliss-reactive ketones (excluding diaryl/α,β-unsaturated/α-hetero) is 1. The molecule has 0 aliphatic carbocycles. The lowest BCUT2D eigenvalue weighted by Gasteiger charge is -2.02. The summed E-state index contributed by atoms with van der Waals surface area (Å²) in [6.45, 7) is 0.539. The number of ketones is 1. The van der Waals surface area contributed by atoms with E-state index in [2.05, 4.69) is 33.5 Å². The fourth-order valence-electron chi connectivity index (χ4n) is 3.82. The summed E-state index contributed by atoms with van der Waals surface area (Å²) in [4.78, 5) is 12.9. The van der Waals surface area contributed by atoms with E-state index in [1.165, 1.54) is 0 Å². The number of aromatic nitrogens is 4. The normalized spacial score (nSPS) is 10.8. The maximum Gasteiger partial charge on any atom is 0.188 e. The Morgan fingerprint density at radius 3 is 2.69 bits per heavy atom.